The number of rotatable bonds is 1. The van der Waals surface area contributed by atoms with Crippen LogP contribution in [0.15, 0.2) is 11.1 Å². The Hall–Kier alpha value is -0.260. The molecular weight excluding hydrogens is 120 g/mol. The molecule has 1 fully saturated rings. The van der Waals surface area contributed by atoms with Crippen LogP contribution in [0.5, 0.6) is 0 Å². The molecule has 0 amide bonds. The van der Waals surface area contributed by atoms with Crippen molar-refractivity contribution in [1.29, 1.82) is 0 Å². The van der Waals surface area contributed by atoms with Crippen molar-refractivity contribution in [3.05, 3.63) is 25.0 Å². The second-order valence-electron chi connectivity index (χ2n) is 3.32. The highest BCUT2D eigenvalue weighted by atomic mass is 14.4. The van der Waals surface area contributed by atoms with E-state index in [9.17, 15) is 0 Å². The summed E-state index contributed by atoms with van der Waals surface area (Å²) in [5.74, 6) is 1.02. The maximum absolute atomic E-state index is 7.57. The van der Waals surface area contributed by atoms with Gasteiger partial charge in [-0.1, -0.05) is 11.1 Å². The molecule has 54 valence electrons. The average molecular weight is 136 g/mol. The minimum atomic E-state index is -1.38. The van der Waals surface area contributed by atoms with Gasteiger partial charge in [0.2, 0.25) is 0 Å². The molecule has 0 aliphatic heterocycles. The maximum Gasteiger partial charge on any atom is 0.0313 e. The topological polar surface area (TPSA) is 0 Å². The zero-order valence-corrected chi connectivity index (χ0v) is 6.19. The predicted molar refractivity (Wildman–Crippen MR) is 43.2 cm³/mol. The normalized spacial score (nSPS) is 42.2. The first-order chi connectivity index (χ1) is 5.50. The lowest BCUT2D eigenvalue weighted by molar-refractivity contribution is 0.641. The van der Waals surface area contributed by atoms with E-state index < -0.39 is 6.37 Å². The molecule has 2 unspecified atom stereocenters. The fourth-order valence-electron chi connectivity index (χ4n) is 2.30. The fourth-order valence-corrected chi connectivity index (χ4v) is 2.30. The Morgan fingerprint density at radius 1 is 1.50 bits per heavy atom. The van der Waals surface area contributed by atoms with E-state index in [1.807, 2.05) is 0 Å². The number of fused-ring (bicyclic) bond motifs is 2. The lowest BCUT2D eigenvalue weighted by Crippen LogP contribution is -1.99. The van der Waals surface area contributed by atoms with E-state index in [1.54, 1.807) is 0 Å². The summed E-state index contributed by atoms with van der Waals surface area (Å²) in [6.07, 6.45) is 2.11. The summed E-state index contributed by atoms with van der Waals surface area (Å²) in [6, 6.07) is 0. The molecule has 0 aromatic carbocycles. The van der Waals surface area contributed by atoms with Crippen molar-refractivity contribution in [2.75, 3.05) is 0 Å². The van der Waals surface area contributed by atoms with Crippen molar-refractivity contribution in [3.8, 4) is 0 Å². The van der Waals surface area contributed by atoms with Crippen LogP contribution in [0.2, 0.25) is 0 Å². The van der Waals surface area contributed by atoms with Gasteiger partial charge in [0.05, 0.1) is 0 Å². The van der Waals surface area contributed by atoms with Crippen molar-refractivity contribution in [2.45, 2.75) is 25.6 Å². The Balaban J connectivity index is 2.36. The molecule has 2 atom stereocenters. The Morgan fingerprint density at radius 3 is 2.60 bits per heavy atom. The van der Waals surface area contributed by atoms with Crippen molar-refractivity contribution in [2.24, 2.45) is 11.8 Å². The molecule has 0 aromatic heterocycles. The molecule has 2 rings (SSSR count). The van der Waals surface area contributed by atoms with Gasteiger partial charge in [-0.25, -0.2) is 0 Å². The summed E-state index contributed by atoms with van der Waals surface area (Å²) in [5, 5.41) is 0. The Kier molecular flexibility index (Phi) is 0.969. The molecule has 0 heteroatoms. The second kappa shape index (κ2) is 2.11. The van der Waals surface area contributed by atoms with E-state index >= 15 is 0 Å². The van der Waals surface area contributed by atoms with Gasteiger partial charge in [-0.2, -0.15) is 0 Å². The molecule has 0 heterocycles. The van der Waals surface area contributed by atoms with Gasteiger partial charge in [0.15, 0.2) is 0 Å². The molecular formula is C10H14. The summed E-state index contributed by atoms with van der Waals surface area (Å²) >= 11 is 0. The van der Waals surface area contributed by atoms with E-state index in [1.165, 1.54) is 6.42 Å². The number of allylic oxidation sites excluding steroid dienone is 2. The van der Waals surface area contributed by atoms with Crippen LogP contribution in [0.3, 0.4) is 0 Å². The fraction of sp³-hybridized carbons (Fsp3) is 0.600. The lowest BCUT2D eigenvalue weighted by Gasteiger charge is -2.14. The Morgan fingerprint density at radius 2 is 2.20 bits per heavy atom. The third kappa shape index (κ3) is 0.680. The average Bonchev–Trinajstić information content (AvgIpc) is 2.42. The van der Waals surface area contributed by atoms with Crippen LogP contribution in [0.4, 0.5) is 0 Å². The monoisotopic (exact) mass is 136 g/mol. The van der Waals surface area contributed by atoms with Gasteiger partial charge in [-0.05, 0) is 51.3 Å². The van der Waals surface area contributed by atoms with Crippen LogP contribution in [0.25, 0.3) is 0 Å². The van der Waals surface area contributed by atoms with Crippen LogP contribution in [-0.2, 0) is 0 Å². The second-order valence-corrected chi connectivity index (χ2v) is 3.32. The quantitative estimate of drug-likeness (QED) is 0.520. The maximum atomic E-state index is 7.57. The van der Waals surface area contributed by atoms with Crippen LogP contribution in [0, 0.1) is 25.7 Å². The summed E-state index contributed by atoms with van der Waals surface area (Å²) in [6.45, 7) is 7.52. The summed E-state index contributed by atoms with van der Waals surface area (Å²) < 4.78 is 15.1. The summed E-state index contributed by atoms with van der Waals surface area (Å²) in [7, 11) is 0. The molecule has 2 aliphatic rings. The molecule has 2 radical (unpaired) electrons. The van der Waals surface area contributed by atoms with Crippen LogP contribution < -0.4 is 0 Å². The summed E-state index contributed by atoms with van der Waals surface area (Å²) in [5.41, 5.74) is 1.95. The molecule has 2 bridgehead atoms. The van der Waals surface area contributed by atoms with E-state index in [2.05, 4.69) is 13.8 Å². The van der Waals surface area contributed by atoms with E-state index in [-0.39, 0.29) is 0 Å². The largest absolute Gasteiger partial charge is 0.0676 e. The van der Waals surface area contributed by atoms with Crippen molar-refractivity contribution >= 4 is 0 Å². The number of hydrogen-bond donors (Lipinski definition) is 0. The molecule has 0 spiro atoms. The molecule has 2 aliphatic carbocycles. The third-order valence-corrected chi connectivity index (χ3v) is 2.87. The van der Waals surface area contributed by atoms with Crippen molar-refractivity contribution in [3.63, 3.8) is 0 Å². The molecule has 0 N–H and O–H groups in total. The van der Waals surface area contributed by atoms with Crippen LogP contribution in [0.1, 0.15) is 28.4 Å². The Labute approximate surface area is 66.1 Å². The van der Waals surface area contributed by atoms with E-state index in [0.717, 1.165) is 24.0 Å². The SMILES string of the molecule is [2H]C([2H])([CH2])C1=C([CH2])C2CCC1C2. The molecule has 0 aromatic rings. The van der Waals surface area contributed by atoms with Gasteiger partial charge in [-0.15, -0.1) is 0 Å². The van der Waals surface area contributed by atoms with Crippen molar-refractivity contribution < 1.29 is 2.74 Å². The first-order valence-electron chi connectivity index (χ1n) is 4.92. The van der Waals surface area contributed by atoms with Gasteiger partial charge in [0, 0.05) is 2.74 Å². The van der Waals surface area contributed by atoms with Crippen LogP contribution >= 0.6 is 0 Å². The van der Waals surface area contributed by atoms with E-state index in [4.69, 9.17) is 2.74 Å². The minimum absolute atomic E-state index is 0.454. The highest BCUT2D eigenvalue weighted by Gasteiger charge is 2.35. The predicted octanol–water partition coefficient (Wildman–Crippen LogP) is 2.77. The number of hydrogen-bond acceptors (Lipinski definition) is 0. The smallest absolute Gasteiger partial charge is 0.0313 e. The highest BCUT2D eigenvalue weighted by Crippen LogP contribution is 2.48. The standard InChI is InChI=1S/C10H14/c1-3-10-7(2)8-4-5-9(10)6-8/h8-9H,1-6H2/i3D2. The highest BCUT2D eigenvalue weighted by molar-refractivity contribution is 5.31. The minimum Gasteiger partial charge on any atom is -0.0676 e. The van der Waals surface area contributed by atoms with Gasteiger partial charge in [-0.3, -0.25) is 0 Å². The van der Waals surface area contributed by atoms with Crippen LogP contribution in [-0.4, -0.2) is 0 Å². The first kappa shape index (κ1) is 4.58. The first-order valence-corrected chi connectivity index (χ1v) is 3.92. The molecule has 0 nitrogen and oxygen atoms in total. The molecule has 1 saturated carbocycles. The molecule has 10 heavy (non-hydrogen) atoms. The summed E-state index contributed by atoms with van der Waals surface area (Å²) in [4.78, 5) is 0. The lowest BCUT2D eigenvalue weighted by atomic mass is 9.91. The zero-order valence-electron chi connectivity index (χ0n) is 8.19. The third-order valence-electron chi connectivity index (χ3n) is 2.87. The zero-order chi connectivity index (χ0) is 8.93. The van der Waals surface area contributed by atoms with E-state index in [0.29, 0.717) is 11.8 Å². The van der Waals surface area contributed by atoms with Gasteiger partial charge in [0.25, 0.3) is 0 Å². The van der Waals surface area contributed by atoms with Crippen molar-refractivity contribution in [1.82, 2.24) is 0 Å². The van der Waals surface area contributed by atoms with Gasteiger partial charge < -0.3 is 0 Å². The molecule has 0 saturated heterocycles. The van der Waals surface area contributed by atoms with Gasteiger partial charge >= 0.3 is 0 Å². The van der Waals surface area contributed by atoms with Gasteiger partial charge in [0.1, 0.15) is 0 Å². The Bertz CT molecular complexity index is 235.